The molecule has 0 saturated heterocycles. The van der Waals surface area contributed by atoms with Gasteiger partial charge in [0.15, 0.2) is 4.34 Å². The molecule has 134 valence electrons. The molecule has 1 aromatic carbocycles. The number of benzene rings is 1. The van der Waals surface area contributed by atoms with Gasteiger partial charge in [-0.2, -0.15) is 0 Å². The van der Waals surface area contributed by atoms with Gasteiger partial charge >= 0.3 is 0 Å². The van der Waals surface area contributed by atoms with E-state index < -0.39 is 0 Å². The van der Waals surface area contributed by atoms with Gasteiger partial charge in [-0.3, -0.25) is 9.59 Å². The van der Waals surface area contributed by atoms with Crippen LogP contribution in [0.5, 0.6) is 0 Å². The summed E-state index contributed by atoms with van der Waals surface area (Å²) in [4.78, 5) is 28.4. The predicted octanol–water partition coefficient (Wildman–Crippen LogP) is 4.02. The maximum absolute atomic E-state index is 12.2. The highest BCUT2D eigenvalue weighted by Gasteiger charge is 2.17. The fourth-order valence-corrected chi connectivity index (χ4v) is 4.07. The molecule has 0 aliphatic rings. The molecule has 0 spiro atoms. The number of carbonyl (C=O) groups excluding carboxylic acids is 2. The Labute approximate surface area is 156 Å². The Hall–Kier alpha value is -1.86. The number of hydrogen-bond donors (Lipinski definition) is 2. The SMILES string of the molecule is CCNC(=O)CSc1nc(-c2ccccc2)c(NC(=O)CC(C)C)s1. The summed E-state index contributed by atoms with van der Waals surface area (Å²) in [5.41, 5.74) is 1.70. The van der Waals surface area contributed by atoms with Crippen molar-refractivity contribution < 1.29 is 9.59 Å². The van der Waals surface area contributed by atoms with E-state index in [1.807, 2.05) is 51.1 Å². The van der Waals surface area contributed by atoms with Gasteiger partial charge in [0.1, 0.15) is 10.7 Å². The monoisotopic (exact) mass is 377 g/mol. The standard InChI is InChI=1S/C18H23N3O2S2/c1-4-19-15(23)11-24-18-21-16(13-8-6-5-7-9-13)17(25-18)20-14(22)10-12(2)3/h5-9,12H,4,10-11H2,1-3H3,(H,19,23)(H,20,22). The number of rotatable bonds is 8. The van der Waals surface area contributed by atoms with Gasteiger partial charge in [0, 0.05) is 18.5 Å². The van der Waals surface area contributed by atoms with E-state index in [4.69, 9.17) is 0 Å². The van der Waals surface area contributed by atoms with Gasteiger partial charge in [-0.15, -0.1) is 0 Å². The Balaban J connectivity index is 2.20. The van der Waals surface area contributed by atoms with Crippen LogP contribution in [0, 0.1) is 5.92 Å². The Kier molecular flexibility index (Phi) is 7.46. The third-order valence-corrected chi connectivity index (χ3v) is 5.32. The van der Waals surface area contributed by atoms with Crippen LogP contribution in [0.2, 0.25) is 0 Å². The van der Waals surface area contributed by atoms with Gasteiger partial charge in [0.2, 0.25) is 11.8 Å². The minimum atomic E-state index is -0.0191. The molecule has 7 heteroatoms. The van der Waals surface area contributed by atoms with Crippen molar-refractivity contribution >= 4 is 39.9 Å². The Morgan fingerprint density at radius 1 is 1.20 bits per heavy atom. The van der Waals surface area contributed by atoms with Crippen molar-refractivity contribution in [2.75, 3.05) is 17.6 Å². The van der Waals surface area contributed by atoms with Crippen molar-refractivity contribution in [2.45, 2.75) is 31.5 Å². The van der Waals surface area contributed by atoms with Crippen molar-refractivity contribution in [2.24, 2.45) is 5.92 Å². The number of thiazole rings is 1. The molecule has 0 aliphatic carbocycles. The smallest absolute Gasteiger partial charge is 0.230 e. The van der Waals surface area contributed by atoms with Gasteiger partial charge in [-0.05, 0) is 12.8 Å². The number of nitrogens with zero attached hydrogens (tertiary/aromatic N) is 1. The Morgan fingerprint density at radius 2 is 1.92 bits per heavy atom. The molecule has 2 aromatic rings. The van der Waals surface area contributed by atoms with Crippen LogP contribution >= 0.6 is 23.1 Å². The second kappa shape index (κ2) is 9.58. The molecule has 0 radical (unpaired) electrons. The van der Waals surface area contributed by atoms with Crippen molar-refractivity contribution in [1.29, 1.82) is 0 Å². The summed E-state index contributed by atoms with van der Waals surface area (Å²) >= 11 is 2.79. The van der Waals surface area contributed by atoms with E-state index in [0.29, 0.717) is 24.6 Å². The van der Waals surface area contributed by atoms with Crippen LogP contribution in [-0.4, -0.2) is 29.1 Å². The number of amides is 2. The summed E-state index contributed by atoms with van der Waals surface area (Å²) in [6.45, 7) is 6.53. The molecule has 1 aromatic heterocycles. The molecule has 2 amide bonds. The molecule has 5 nitrogen and oxygen atoms in total. The van der Waals surface area contributed by atoms with Crippen LogP contribution in [0.15, 0.2) is 34.7 Å². The maximum atomic E-state index is 12.2. The van der Waals surface area contributed by atoms with Crippen molar-refractivity contribution in [1.82, 2.24) is 10.3 Å². The Morgan fingerprint density at radius 3 is 2.56 bits per heavy atom. The second-order valence-corrected chi connectivity index (χ2v) is 8.13. The largest absolute Gasteiger partial charge is 0.356 e. The lowest BCUT2D eigenvalue weighted by Gasteiger charge is -2.06. The molecule has 0 fully saturated rings. The van der Waals surface area contributed by atoms with Gasteiger partial charge in [0.05, 0.1) is 5.75 Å². The summed E-state index contributed by atoms with van der Waals surface area (Å²) in [7, 11) is 0. The number of thioether (sulfide) groups is 1. The number of nitrogens with one attached hydrogen (secondary N) is 2. The van der Waals surface area contributed by atoms with E-state index in [1.165, 1.54) is 23.1 Å². The van der Waals surface area contributed by atoms with E-state index in [1.54, 1.807) is 0 Å². The van der Waals surface area contributed by atoms with Crippen LogP contribution in [0.3, 0.4) is 0 Å². The molecule has 0 atom stereocenters. The lowest BCUT2D eigenvalue weighted by Crippen LogP contribution is -2.24. The number of anilines is 1. The summed E-state index contributed by atoms with van der Waals surface area (Å²) < 4.78 is 0.768. The lowest BCUT2D eigenvalue weighted by atomic mass is 10.1. The molecule has 25 heavy (non-hydrogen) atoms. The third kappa shape index (κ3) is 6.17. The molecule has 0 unspecified atom stereocenters. The van der Waals surface area contributed by atoms with E-state index in [-0.39, 0.29) is 11.8 Å². The summed E-state index contributed by atoms with van der Waals surface area (Å²) in [6, 6.07) is 9.75. The second-order valence-electron chi connectivity index (χ2n) is 5.91. The van der Waals surface area contributed by atoms with Crippen LogP contribution in [0.4, 0.5) is 5.00 Å². The maximum Gasteiger partial charge on any atom is 0.230 e. The van der Waals surface area contributed by atoms with Crippen LogP contribution in [0.25, 0.3) is 11.3 Å². The zero-order valence-corrected chi connectivity index (χ0v) is 16.3. The van der Waals surface area contributed by atoms with Crippen molar-refractivity contribution in [3.63, 3.8) is 0 Å². The van der Waals surface area contributed by atoms with E-state index >= 15 is 0 Å². The van der Waals surface area contributed by atoms with Gasteiger partial charge in [-0.1, -0.05) is 67.3 Å². The fraction of sp³-hybridized carbons (Fsp3) is 0.389. The normalized spacial score (nSPS) is 10.7. The number of carbonyl (C=O) groups is 2. The molecule has 0 saturated carbocycles. The lowest BCUT2D eigenvalue weighted by molar-refractivity contribution is -0.118. The van der Waals surface area contributed by atoms with Gasteiger partial charge in [-0.25, -0.2) is 4.98 Å². The molecule has 2 rings (SSSR count). The summed E-state index contributed by atoms with van der Waals surface area (Å²) in [5.74, 6) is 0.569. The first-order chi connectivity index (χ1) is 12.0. The average Bonchev–Trinajstić information content (AvgIpc) is 2.96. The van der Waals surface area contributed by atoms with Crippen LogP contribution in [-0.2, 0) is 9.59 Å². The number of aromatic nitrogens is 1. The zero-order chi connectivity index (χ0) is 18.2. The van der Waals surface area contributed by atoms with E-state index in [9.17, 15) is 9.59 Å². The van der Waals surface area contributed by atoms with Crippen molar-refractivity contribution in [3.05, 3.63) is 30.3 Å². The topological polar surface area (TPSA) is 71.1 Å². The molecule has 2 N–H and O–H groups in total. The third-order valence-electron chi connectivity index (χ3n) is 3.20. The average molecular weight is 378 g/mol. The van der Waals surface area contributed by atoms with Crippen LogP contribution in [0.1, 0.15) is 27.2 Å². The first-order valence-electron chi connectivity index (χ1n) is 8.25. The predicted molar refractivity (Wildman–Crippen MR) is 105 cm³/mol. The summed E-state index contributed by atoms with van der Waals surface area (Å²) in [5, 5.41) is 6.48. The molecule has 0 bridgehead atoms. The highest BCUT2D eigenvalue weighted by molar-refractivity contribution is 8.01. The summed E-state index contributed by atoms with van der Waals surface area (Å²) in [6.07, 6.45) is 0.466. The minimum Gasteiger partial charge on any atom is -0.356 e. The molecule has 1 heterocycles. The van der Waals surface area contributed by atoms with Crippen molar-refractivity contribution in [3.8, 4) is 11.3 Å². The first kappa shape index (κ1) is 19.5. The first-order valence-corrected chi connectivity index (χ1v) is 10.1. The number of hydrogen-bond acceptors (Lipinski definition) is 5. The zero-order valence-electron chi connectivity index (χ0n) is 14.7. The molecule has 0 aliphatic heterocycles. The highest BCUT2D eigenvalue weighted by Crippen LogP contribution is 2.37. The fourth-order valence-electron chi connectivity index (χ4n) is 2.16. The minimum absolute atomic E-state index is 0.0175. The highest BCUT2D eigenvalue weighted by atomic mass is 32.2. The molecular weight excluding hydrogens is 354 g/mol. The van der Waals surface area contributed by atoms with E-state index in [2.05, 4.69) is 15.6 Å². The van der Waals surface area contributed by atoms with E-state index in [0.717, 1.165) is 20.6 Å². The quantitative estimate of drug-likeness (QED) is 0.682. The van der Waals surface area contributed by atoms with Gasteiger partial charge in [0.25, 0.3) is 0 Å². The van der Waals surface area contributed by atoms with Gasteiger partial charge < -0.3 is 10.6 Å². The van der Waals surface area contributed by atoms with Crippen LogP contribution < -0.4 is 10.6 Å². The molecular formula is C18H23N3O2S2. The Bertz CT molecular complexity index is 714.